The summed E-state index contributed by atoms with van der Waals surface area (Å²) < 4.78 is 0. The number of nitrogens with one attached hydrogen (secondary N) is 2. The van der Waals surface area contributed by atoms with Crippen LogP contribution in [0.25, 0.3) is 21.8 Å². The van der Waals surface area contributed by atoms with Gasteiger partial charge in [-0.15, -0.1) is 0 Å². The highest BCUT2D eigenvalue weighted by Gasteiger charge is 2.36. The third-order valence-corrected chi connectivity index (χ3v) is 5.11. The largest absolute Gasteiger partial charge is 0.360 e. The van der Waals surface area contributed by atoms with E-state index in [1.165, 1.54) is 12.4 Å². The summed E-state index contributed by atoms with van der Waals surface area (Å²) in [6.07, 6.45) is 2.81. The Morgan fingerprint density at radius 3 is 1.40 bits per heavy atom. The molecule has 0 aliphatic heterocycles. The summed E-state index contributed by atoms with van der Waals surface area (Å²) >= 11 is 0. The van der Waals surface area contributed by atoms with Crippen LogP contribution in [-0.2, 0) is 9.59 Å². The maximum absolute atomic E-state index is 12.7. The molecule has 0 aliphatic carbocycles. The first-order valence-corrected chi connectivity index (χ1v) is 9.20. The van der Waals surface area contributed by atoms with Gasteiger partial charge in [-0.1, -0.05) is 36.4 Å². The molecule has 0 radical (unpaired) electrons. The predicted octanol–water partition coefficient (Wildman–Crippen LogP) is 1.51. The second-order valence-corrected chi connectivity index (χ2v) is 6.93. The molecule has 0 amide bonds. The minimum atomic E-state index is -1.65. The first kappa shape index (κ1) is 19.4. The van der Waals surface area contributed by atoms with E-state index in [0.717, 1.165) is 0 Å². The number of hydrogen-bond acceptors (Lipinski definition) is 6. The lowest BCUT2D eigenvalue weighted by molar-refractivity contribution is -0.122. The maximum Gasteiger partial charge on any atom is 0.232 e. The Balaban J connectivity index is 1.55. The van der Waals surface area contributed by atoms with Crippen LogP contribution in [0.4, 0.5) is 0 Å². The number of carbonyl (C=O) groups is 4. The molecule has 30 heavy (non-hydrogen) atoms. The SMILES string of the molecule is NC(C(=O)C(=O)c1c[nH]c2ccccc12)C(N)C(=O)C(=O)c1c[nH]c2ccccc12. The highest BCUT2D eigenvalue weighted by molar-refractivity contribution is 6.51. The zero-order chi connectivity index (χ0) is 21.4. The highest BCUT2D eigenvalue weighted by atomic mass is 16.2. The first-order chi connectivity index (χ1) is 14.4. The Morgan fingerprint density at radius 1 is 0.633 bits per heavy atom. The highest BCUT2D eigenvalue weighted by Crippen LogP contribution is 2.20. The lowest BCUT2D eigenvalue weighted by Gasteiger charge is -2.16. The minimum Gasteiger partial charge on any atom is -0.360 e. The molecule has 150 valence electrons. The molecule has 2 heterocycles. The second-order valence-electron chi connectivity index (χ2n) is 6.93. The summed E-state index contributed by atoms with van der Waals surface area (Å²) in [7, 11) is 0. The molecule has 4 rings (SSSR count). The van der Waals surface area contributed by atoms with Crippen molar-refractivity contribution in [2.75, 3.05) is 0 Å². The van der Waals surface area contributed by atoms with Crippen LogP contribution in [0.2, 0.25) is 0 Å². The Bertz CT molecular complexity index is 1210. The van der Waals surface area contributed by atoms with Crippen LogP contribution >= 0.6 is 0 Å². The summed E-state index contributed by atoms with van der Waals surface area (Å²) in [5, 5.41) is 1.11. The molecule has 0 bridgehead atoms. The van der Waals surface area contributed by atoms with E-state index in [1.54, 1.807) is 48.5 Å². The molecule has 8 nitrogen and oxygen atoms in total. The van der Waals surface area contributed by atoms with Gasteiger partial charge in [-0.25, -0.2) is 0 Å². The van der Waals surface area contributed by atoms with Crippen LogP contribution in [-0.4, -0.2) is 45.2 Å². The summed E-state index contributed by atoms with van der Waals surface area (Å²) in [6.45, 7) is 0. The number of carbonyl (C=O) groups excluding carboxylic acids is 4. The van der Waals surface area contributed by atoms with Gasteiger partial charge in [0, 0.05) is 34.2 Å². The van der Waals surface area contributed by atoms with Gasteiger partial charge in [0.1, 0.15) is 0 Å². The van der Waals surface area contributed by atoms with Crippen LogP contribution in [0.15, 0.2) is 60.9 Å². The zero-order valence-electron chi connectivity index (χ0n) is 15.7. The van der Waals surface area contributed by atoms with Gasteiger partial charge in [0.05, 0.1) is 23.2 Å². The summed E-state index contributed by atoms with van der Waals surface area (Å²) in [4.78, 5) is 56.3. The van der Waals surface area contributed by atoms with Crippen molar-refractivity contribution in [2.45, 2.75) is 12.1 Å². The van der Waals surface area contributed by atoms with Gasteiger partial charge in [0.2, 0.25) is 23.1 Å². The fourth-order valence-corrected chi connectivity index (χ4v) is 3.41. The summed E-state index contributed by atoms with van der Waals surface area (Å²) in [6, 6.07) is 10.6. The number of fused-ring (bicyclic) bond motifs is 2. The molecule has 0 aliphatic rings. The van der Waals surface area contributed by atoms with Crippen molar-refractivity contribution >= 4 is 44.9 Å². The van der Waals surface area contributed by atoms with E-state index >= 15 is 0 Å². The molecule has 6 N–H and O–H groups in total. The van der Waals surface area contributed by atoms with Gasteiger partial charge in [-0.3, -0.25) is 19.2 Å². The predicted molar refractivity (Wildman–Crippen MR) is 111 cm³/mol. The third-order valence-electron chi connectivity index (χ3n) is 5.11. The lowest BCUT2D eigenvalue weighted by Crippen LogP contribution is -2.55. The number of nitrogens with two attached hydrogens (primary N) is 2. The van der Waals surface area contributed by atoms with Crippen molar-refractivity contribution < 1.29 is 19.2 Å². The Morgan fingerprint density at radius 2 is 1.00 bits per heavy atom. The van der Waals surface area contributed by atoms with Crippen molar-refractivity contribution in [1.29, 1.82) is 0 Å². The van der Waals surface area contributed by atoms with Crippen molar-refractivity contribution in [2.24, 2.45) is 11.5 Å². The van der Waals surface area contributed by atoms with E-state index in [4.69, 9.17) is 11.5 Å². The quantitative estimate of drug-likeness (QED) is 0.272. The standard InChI is InChI=1S/C22H18N4O4/c23-17(21(29)19(27)13-9-25-15-7-3-1-5-11(13)15)18(24)22(30)20(28)14-10-26-16-8-4-2-6-12(14)16/h1-10,17-18,25-26H,23-24H2. The average Bonchev–Trinajstić information content (AvgIpc) is 3.40. The number of H-pyrrole nitrogens is 2. The van der Waals surface area contributed by atoms with Gasteiger partial charge >= 0.3 is 0 Å². The van der Waals surface area contributed by atoms with Gasteiger partial charge in [-0.05, 0) is 12.1 Å². The molecule has 0 spiro atoms. The lowest BCUT2D eigenvalue weighted by atomic mass is 9.92. The minimum absolute atomic E-state index is 0.133. The molecule has 0 saturated carbocycles. The molecule has 0 fully saturated rings. The molecule has 8 heteroatoms. The van der Waals surface area contributed by atoms with Crippen molar-refractivity contribution in [1.82, 2.24) is 9.97 Å². The molecule has 2 unspecified atom stereocenters. The number of rotatable bonds is 7. The number of ketones is 4. The van der Waals surface area contributed by atoms with Crippen LogP contribution in [0.3, 0.4) is 0 Å². The maximum atomic E-state index is 12.7. The number of hydrogen-bond donors (Lipinski definition) is 4. The molecule has 2 aromatic carbocycles. The number of benzene rings is 2. The number of Topliss-reactive ketones (excluding diaryl/α,β-unsaturated/α-hetero) is 4. The fourth-order valence-electron chi connectivity index (χ4n) is 3.41. The molecular formula is C22H18N4O4. The van der Waals surface area contributed by atoms with Gasteiger partial charge in [0.15, 0.2) is 0 Å². The van der Waals surface area contributed by atoms with Crippen LogP contribution in [0.1, 0.15) is 20.7 Å². The Hall–Kier alpha value is -3.88. The Labute approximate surface area is 170 Å². The van der Waals surface area contributed by atoms with Gasteiger partial charge in [0.25, 0.3) is 0 Å². The second kappa shape index (κ2) is 7.51. The van der Waals surface area contributed by atoms with E-state index in [0.29, 0.717) is 21.8 Å². The van der Waals surface area contributed by atoms with E-state index in [9.17, 15) is 19.2 Å². The van der Waals surface area contributed by atoms with Crippen LogP contribution < -0.4 is 11.5 Å². The number of aromatic nitrogens is 2. The summed E-state index contributed by atoms with van der Waals surface area (Å²) in [5.74, 6) is -3.81. The normalized spacial score (nSPS) is 13.3. The average molecular weight is 402 g/mol. The van der Waals surface area contributed by atoms with Crippen molar-refractivity contribution in [3.8, 4) is 0 Å². The zero-order valence-corrected chi connectivity index (χ0v) is 15.7. The first-order valence-electron chi connectivity index (χ1n) is 9.20. The molecule has 4 aromatic rings. The van der Waals surface area contributed by atoms with Gasteiger partial charge < -0.3 is 21.4 Å². The fraction of sp³-hybridized carbons (Fsp3) is 0.0909. The van der Waals surface area contributed by atoms with E-state index in [-0.39, 0.29) is 11.1 Å². The molecule has 0 saturated heterocycles. The van der Waals surface area contributed by atoms with Crippen LogP contribution in [0.5, 0.6) is 0 Å². The molecule has 2 atom stereocenters. The Kier molecular flexibility index (Phi) is 4.86. The van der Waals surface area contributed by atoms with E-state index in [2.05, 4.69) is 9.97 Å². The van der Waals surface area contributed by atoms with E-state index in [1.807, 2.05) is 0 Å². The van der Waals surface area contributed by atoms with Gasteiger partial charge in [-0.2, -0.15) is 0 Å². The topological polar surface area (TPSA) is 152 Å². The van der Waals surface area contributed by atoms with Crippen molar-refractivity contribution in [3.63, 3.8) is 0 Å². The summed E-state index contributed by atoms with van der Waals surface area (Å²) in [5.41, 5.74) is 13.3. The number of para-hydroxylation sites is 2. The third kappa shape index (κ3) is 3.14. The van der Waals surface area contributed by atoms with Crippen molar-refractivity contribution in [3.05, 3.63) is 72.1 Å². The molecular weight excluding hydrogens is 384 g/mol. The monoisotopic (exact) mass is 402 g/mol. The number of aromatic amines is 2. The van der Waals surface area contributed by atoms with Crippen LogP contribution in [0, 0.1) is 0 Å². The van der Waals surface area contributed by atoms with E-state index < -0.39 is 35.2 Å². The smallest absolute Gasteiger partial charge is 0.232 e. The molecule has 2 aromatic heterocycles.